The lowest BCUT2D eigenvalue weighted by molar-refractivity contribution is 0.0678. The number of hydrogen-bond donors (Lipinski definition) is 0. The van der Waals surface area contributed by atoms with Gasteiger partial charge in [-0.2, -0.15) is 4.31 Å². The Morgan fingerprint density at radius 3 is 2.68 bits per heavy atom. The number of carbonyl (C=O) groups excluding carboxylic acids is 1. The highest BCUT2D eigenvalue weighted by atomic mass is 32.2. The summed E-state index contributed by atoms with van der Waals surface area (Å²) in [7, 11) is -3.65. The highest BCUT2D eigenvalue weighted by Gasteiger charge is 2.31. The molecule has 2 aliphatic heterocycles. The third kappa shape index (κ3) is 3.39. The molecule has 8 heteroatoms. The number of aryl methyl sites for hydroxylation is 1. The Morgan fingerprint density at radius 2 is 1.93 bits per heavy atom. The average Bonchev–Trinajstić information content (AvgIpc) is 3.18. The maximum absolute atomic E-state index is 13.2. The Kier molecular flexibility index (Phi) is 5.30. The minimum Gasteiger partial charge on any atom is -0.379 e. The van der Waals surface area contributed by atoms with Crippen LogP contribution in [0, 0.1) is 6.92 Å². The second-order valence-electron chi connectivity index (χ2n) is 7.22. The predicted molar refractivity (Wildman–Crippen MR) is 108 cm³/mol. The average molecular weight is 421 g/mol. The highest BCUT2D eigenvalue weighted by molar-refractivity contribution is 7.89. The number of ether oxygens (including phenoxy) is 1. The van der Waals surface area contributed by atoms with Crippen molar-refractivity contribution < 1.29 is 17.9 Å². The minimum absolute atomic E-state index is 0.0110. The topological polar surface area (TPSA) is 66.9 Å². The molecule has 0 bridgehead atoms. The van der Waals surface area contributed by atoms with Crippen LogP contribution in [0.3, 0.4) is 0 Å². The summed E-state index contributed by atoms with van der Waals surface area (Å²) in [6.07, 6.45) is 0.841. The van der Waals surface area contributed by atoms with E-state index in [9.17, 15) is 13.2 Å². The maximum atomic E-state index is 13.2. The number of morpholine rings is 1. The van der Waals surface area contributed by atoms with Gasteiger partial charge in [-0.25, -0.2) is 8.42 Å². The number of sulfonamides is 1. The van der Waals surface area contributed by atoms with Crippen LogP contribution in [0.4, 0.5) is 0 Å². The number of benzene rings is 1. The first-order valence-corrected chi connectivity index (χ1v) is 11.8. The van der Waals surface area contributed by atoms with E-state index in [1.165, 1.54) is 20.8 Å². The molecule has 150 valence electrons. The number of carbonyl (C=O) groups is 1. The molecule has 0 radical (unpaired) electrons. The van der Waals surface area contributed by atoms with Gasteiger partial charge in [0, 0.05) is 30.1 Å². The number of rotatable bonds is 3. The van der Waals surface area contributed by atoms with Crippen LogP contribution in [-0.4, -0.2) is 56.4 Å². The van der Waals surface area contributed by atoms with E-state index in [0.717, 1.165) is 6.42 Å². The summed E-state index contributed by atoms with van der Waals surface area (Å²) in [5, 5.41) is 2.06. The first kappa shape index (κ1) is 19.6. The molecular weight excluding hydrogens is 396 g/mol. The molecule has 0 spiro atoms. The van der Waals surface area contributed by atoms with Crippen LogP contribution in [0.25, 0.3) is 0 Å². The van der Waals surface area contributed by atoms with Gasteiger partial charge in [-0.15, -0.1) is 11.3 Å². The van der Waals surface area contributed by atoms with Gasteiger partial charge >= 0.3 is 0 Å². The molecule has 1 atom stereocenters. The van der Waals surface area contributed by atoms with Gasteiger partial charge in [-0.05, 0) is 55.0 Å². The molecule has 1 aromatic carbocycles. The molecule has 1 fully saturated rings. The van der Waals surface area contributed by atoms with Gasteiger partial charge in [0.05, 0.1) is 24.2 Å². The third-order valence-electron chi connectivity index (χ3n) is 5.56. The van der Waals surface area contributed by atoms with Crippen molar-refractivity contribution in [3.8, 4) is 0 Å². The lowest BCUT2D eigenvalue weighted by Crippen LogP contribution is -2.41. The van der Waals surface area contributed by atoms with E-state index in [1.54, 1.807) is 30.4 Å². The molecule has 2 aliphatic rings. The van der Waals surface area contributed by atoms with E-state index in [4.69, 9.17) is 4.74 Å². The SMILES string of the molecule is Cc1ccc(C(=O)N2CCc3sccc3[C@@H]2C)cc1S(=O)(=O)N1CCOCC1. The lowest BCUT2D eigenvalue weighted by Gasteiger charge is -2.34. The molecule has 3 heterocycles. The smallest absolute Gasteiger partial charge is 0.254 e. The first-order valence-electron chi connectivity index (χ1n) is 9.45. The standard InChI is InChI=1S/C20H24N2O4S2/c1-14-3-4-16(13-19(14)28(24,25)21-8-10-26-11-9-21)20(23)22-7-5-18-17(15(22)2)6-12-27-18/h3-4,6,12-13,15H,5,7-11H2,1-2H3/t15-/m0/s1. The van der Waals surface area contributed by atoms with E-state index in [2.05, 4.69) is 11.4 Å². The Bertz CT molecular complexity index is 993. The second-order valence-corrected chi connectivity index (χ2v) is 10.1. The molecule has 6 nitrogen and oxygen atoms in total. The van der Waals surface area contributed by atoms with Gasteiger partial charge in [0.15, 0.2) is 0 Å². The summed E-state index contributed by atoms with van der Waals surface area (Å²) < 4.78 is 32.9. The number of fused-ring (bicyclic) bond motifs is 1. The molecule has 2 aromatic rings. The van der Waals surface area contributed by atoms with Crippen LogP contribution < -0.4 is 0 Å². The number of amides is 1. The maximum Gasteiger partial charge on any atom is 0.254 e. The second kappa shape index (κ2) is 7.59. The molecule has 0 aliphatic carbocycles. The summed E-state index contributed by atoms with van der Waals surface area (Å²) in [4.78, 5) is 16.6. The van der Waals surface area contributed by atoms with E-state index in [-0.39, 0.29) is 16.8 Å². The van der Waals surface area contributed by atoms with Crippen LogP contribution in [0.2, 0.25) is 0 Å². The summed E-state index contributed by atoms with van der Waals surface area (Å²) in [6.45, 7) is 5.91. The zero-order valence-corrected chi connectivity index (χ0v) is 17.7. The lowest BCUT2D eigenvalue weighted by atomic mass is 10.00. The van der Waals surface area contributed by atoms with Crippen molar-refractivity contribution in [1.82, 2.24) is 9.21 Å². The summed E-state index contributed by atoms with van der Waals surface area (Å²) in [5.74, 6) is -0.122. The minimum atomic E-state index is -3.65. The molecular formula is C20H24N2O4S2. The summed E-state index contributed by atoms with van der Waals surface area (Å²) in [5.41, 5.74) is 2.26. The van der Waals surface area contributed by atoms with E-state index in [0.29, 0.717) is 44.0 Å². The Balaban J connectivity index is 1.64. The van der Waals surface area contributed by atoms with Crippen LogP contribution in [0.5, 0.6) is 0 Å². The van der Waals surface area contributed by atoms with E-state index >= 15 is 0 Å². The normalized spacial score (nSPS) is 20.8. The number of nitrogens with zero attached hydrogens (tertiary/aromatic N) is 2. The summed E-state index contributed by atoms with van der Waals surface area (Å²) >= 11 is 1.73. The molecule has 1 saturated heterocycles. The fourth-order valence-corrected chi connectivity index (χ4v) is 6.51. The van der Waals surface area contributed by atoms with Crippen molar-refractivity contribution in [3.05, 3.63) is 51.2 Å². The monoisotopic (exact) mass is 420 g/mol. The van der Waals surface area contributed by atoms with Crippen molar-refractivity contribution in [3.63, 3.8) is 0 Å². The van der Waals surface area contributed by atoms with Gasteiger partial charge in [-0.3, -0.25) is 4.79 Å². The zero-order chi connectivity index (χ0) is 19.9. The fourth-order valence-electron chi connectivity index (χ4n) is 3.89. The van der Waals surface area contributed by atoms with E-state index in [1.807, 2.05) is 11.8 Å². The van der Waals surface area contributed by atoms with Crippen LogP contribution >= 0.6 is 11.3 Å². The predicted octanol–water partition coefficient (Wildman–Crippen LogP) is 2.84. The molecule has 4 rings (SSSR count). The largest absolute Gasteiger partial charge is 0.379 e. The summed E-state index contributed by atoms with van der Waals surface area (Å²) in [6, 6.07) is 7.06. The molecule has 0 saturated carbocycles. The molecule has 28 heavy (non-hydrogen) atoms. The van der Waals surface area contributed by atoms with Crippen molar-refractivity contribution in [2.45, 2.75) is 31.2 Å². The van der Waals surface area contributed by atoms with Crippen LogP contribution in [0.1, 0.15) is 39.3 Å². The molecule has 0 N–H and O–H groups in total. The zero-order valence-electron chi connectivity index (χ0n) is 16.1. The first-order chi connectivity index (χ1) is 13.4. The quantitative estimate of drug-likeness (QED) is 0.766. The van der Waals surface area contributed by atoms with Gasteiger partial charge in [0.25, 0.3) is 5.91 Å². The number of thiophene rings is 1. The third-order valence-corrected chi connectivity index (χ3v) is 8.60. The molecule has 0 unspecified atom stereocenters. The van der Waals surface area contributed by atoms with Crippen molar-refractivity contribution in [2.24, 2.45) is 0 Å². The fraction of sp³-hybridized carbons (Fsp3) is 0.450. The molecule has 1 amide bonds. The van der Waals surface area contributed by atoms with Crippen molar-refractivity contribution in [1.29, 1.82) is 0 Å². The van der Waals surface area contributed by atoms with Gasteiger partial charge in [0.2, 0.25) is 10.0 Å². The van der Waals surface area contributed by atoms with Crippen molar-refractivity contribution >= 4 is 27.3 Å². The van der Waals surface area contributed by atoms with E-state index < -0.39 is 10.0 Å². The van der Waals surface area contributed by atoms with Crippen LogP contribution in [0.15, 0.2) is 34.5 Å². The van der Waals surface area contributed by atoms with Crippen LogP contribution in [-0.2, 0) is 21.2 Å². The molecule has 1 aromatic heterocycles. The van der Waals surface area contributed by atoms with Gasteiger partial charge in [0.1, 0.15) is 0 Å². The van der Waals surface area contributed by atoms with Crippen molar-refractivity contribution in [2.75, 3.05) is 32.8 Å². The Hall–Kier alpha value is -1.74. The van der Waals surface area contributed by atoms with Gasteiger partial charge < -0.3 is 9.64 Å². The Morgan fingerprint density at radius 1 is 1.18 bits per heavy atom. The Labute approximate surface area is 169 Å². The number of hydrogen-bond acceptors (Lipinski definition) is 5. The van der Waals surface area contributed by atoms with Gasteiger partial charge in [-0.1, -0.05) is 6.07 Å². The highest BCUT2D eigenvalue weighted by Crippen LogP contribution is 2.34.